The monoisotopic (exact) mass is 457 g/mol. The van der Waals surface area contributed by atoms with Crippen molar-refractivity contribution < 1.29 is 14.3 Å². The minimum absolute atomic E-state index is 0.154. The van der Waals surface area contributed by atoms with Crippen LogP contribution in [0.5, 0.6) is 0 Å². The van der Waals surface area contributed by atoms with E-state index in [1.165, 1.54) is 7.11 Å². The summed E-state index contributed by atoms with van der Waals surface area (Å²) in [5.74, 6) is -0.908. The van der Waals surface area contributed by atoms with Gasteiger partial charge in [-0.1, -0.05) is 0 Å². The molecule has 148 valence electrons. The first-order valence-corrected chi connectivity index (χ1v) is 10.7. The molecule has 1 amide bonds. The van der Waals surface area contributed by atoms with Crippen molar-refractivity contribution >= 4 is 47.2 Å². The number of aromatic amines is 1. The van der Waals surface area contributed by atoms with Crippen molar-refractivity contribution in [2.45, 2.75) is 12.5 Å². The summed E-state index contributed by atoms with van der Waals surface area (Å²) >= 11 is -0.312. The summed E-state index contributed by atoms with van der Waals surface area (Å²) < 4.78 is 7.19. The van der Waals surface area contributed by atoms with E-state index in [-0.39, 0.29) is 32.7 Å². The molecule has 7 nitrogen and oxygen atoms in total. The van der Waals surface area contributed by atoms with Gasteiger partial charge in [0.15, 0.2) is 0 Å². The zero-order valence-corrected chi connectivity index (χ0v) is 17.4. The quantitative estimate of drug-likeness (QED) is 0.341. The summed E-state index contributed by atoms with van der Waals surface area (Å²) in [5, 5.41) is 4.26. The number of para-hydroxylation sites is 1. The number of nitrogens with zero attached hydrogens (tertiary/aromatic N) is 1. The number of rotatable bonds is 6. The summed E-state index contributed by atoms with van der Waals surface area (Å²) in [6, 6.07) is 14.5. The van der Waals surface area contributed by atoms with Crippen LogP contribution in [0.1, 0.15) is 11.6 Å². The van der Waals surface area contributed by atoms with E-state index in [0.717, 1.165) is 20.7 Å². The van der Waals surface area contributed by atoms with E-state index in [2.05, 4.69) is 15.0 Å². The molecule has 0 aliphatic rings. The molecule has 0 unspecified atom stereocenters. The van der Waals surface area contributed by atoms with E-state index >= 15 is 0 Å². The van der Waals surface area contributed by atoms with Crippen molar-refractivity contribution in [2.24, 2.45) is 0 Å². The second kappa shape index (κ2) is 8.11. The Morgan fingerprint density at radius 2 is 1.86 bits per heavy atom. The number of nitrogens with one attached hydrogen (secondary N) is 2. The van der Waals surface area contributed by atoms with Crippen molar-refractivity contribution in [3.8, 4) is 0 Å². The predicted molar refractivity (Wildman–Crippen MR) is 111 cm³/mol. The van der Waals surface area contributed by atoms with E-state index in [4.69, 9.17) is 0 Å². The van der Waals surface area contributed by atoms with Crippen LogP contribution in [-0.2, 0) is 20.7 Å². The number of H-pyrrole nitrogens is 1. The van der Waals surface area contributed by atoms with Gasteiger partial charge in [0.1, 0.15) is 0 Å². The molecule has 2 heterocycles. The summed E-state index contributed by atoms with van der Waals surface area (Å²) in [6.45, 7) is -0.234. The molecule has 29 heavy (non-hydrogen) atoms. The molecule has 4 rings (SSSR count). The van der Waals surface area contributed by atoms with Crippen molar-refractivity contribution in [1.29, 1.82) is 0 Å². The fraction of sp³-hybridized carbons (Fsp3) is 0.190. The molecule has 0 saturated heterocycles. The second-order valence-electron chi connectivity index (χ2n) is 6.59. The Morgan fingerprint density at radius 3 is 2.62 bits per heavy atom. The standard InChI is InChI=1S/C21H19N3O4Se/c1-28-19(25)12-23-20(26)17(10-13-11-22-16-8-4-2-6-14(13)16)24-21(27)15-7-3-5-9-18(15)29-24/h2-9,11,17,22H,10,12H2,1H3,(H,23,26)/t17-/m0/s1. The Hall–Kier alpha value is -3.09. The van der Waals surface area contributed by atoms with Crippen LogP contribution in [0.3, 0.4) is 0 Å². The van der Waals surface area contributed by atoms with Crippen molar-refractivity contribution in [2.75, 3.05) is 13.7 Å². The molecule has 0 fully saturated rings. The zero-order chi connectivity index (χ0) is 20.4. The number of ether oxygens (including phenoxy) is 1. The number of amides is 1. The fourth-order valence-corrected chi connectivity index (χ4v) is 5.61. The van der Waals surface area contributed by atoms with Crippen LogP contribution in [0.15, 0.2) is 59.5 Å². The number of carbonyl (C=O) groups excluding carboxylic acids is 2. The fourth-order valence-electron chi connectivity index (χ4n) is 3.33. The average molecular weight is 456 g/mol. The third kappa shape index (κ3) is 3.77. The Balaban J connectivity index is 1.74. The molecule has 4 aromatic rings. The molecule has 0 saturated carbocycles. The Morgan fingerprint density at radius 1 is 1.14 bits per heavy atom. The molecule has 0 bridgehead atoms. The van der Waals surface area contributed by atoms with Gasteiger partial charge < -0.3 is 0 Å². The van der Waals surface area contributed by atoms with Gasteiger partial charge in [-0.15, -0.1) is 0 Å². The first kappa shape index (κ1) is 19.2. The van der Waals surface area contributed by atoms with Gasteiger partial charge in [0, 0.05) is 0 Å². The van der Waals surface area contributed by atoms with Gasteiger partial charge in [0.2, 0.25) is 0 Å². The van der Waals surface area contributed by atoms with E-state index in [0.29, 0.717) is 11.8 Å². The van der Waals surface area contributed by atoms with Gasteiger partial charge >= 0.3 is 172 Å². The van der Waals surface area contributed by atoms with E-state index < -0.39 is 12.0 Å². The number of aromatic nitrogens is 2. The molecule has 2 N–H and O–H groups in total. The van der Waals surface area contributed by atoms with Crippen LogP contribution in [0.4, 0.5) is 0 Å². The summed E-state index contributed by atoms with van der Waals surface area (Å²) in [6.07, 6.45) is 2.21. The van der Waals surface area contributed by atoms with Gasteiger partial charge in [-0.2, -0.15) is 0 Å². The van der Waals surface area contributed by atoms with E-state index in [1.807, 2.05) is 48.7 Å². The number of hydrogen-bond donors (Lipinski definition) is 2. The van der Waals surface area contributed by atoms with Crippen molar-refractivity contribution in [3.63, 3.8) is 0 Å². The molecule has 2 aromatic carbocycles. The van der Waals surface area contributed by atoms with Gasteiger partial charge in [-0.3, -0.25) is 0 Å². The Kier molecular flexibility index (Phi) is 5.38. The van der Waals surface area contributed by atoms with Gasteiger partial charge in [-0.25, -0.2) is 0 Å². The second-order valence-corrected chi connectivity index (χ2v) is 8.72. The number of esters is 1. The first-order valence-electron chi connectivity index (χ1n) is 9.08. The molecule has 0 aliphatic heterocycles. The number of methoxy groups -OCH3 is 1. The number of carbonyl (C=O) groups is 2. The van der Waals surface area contributed by atoms with Gasteiger partial charge in [0.05, 0.1) is 0 Å². The molecule has 2 aromatic heterocycles. The van der Waals surface area contributed by atoms with Crippen LogP contribution in [0.25, 0.3) is 20.5 Å². The Bertz CT molecular complexity index is 1250. The van der Waals surface area contributed by atoms with Crippen LogP contribution in [0.2, 0.25) is 0 Å². The van der Waals surface area contributed by atoms with E-state index in [1.54, 1.807) is 9.63 Å². The molecule has 0 aliphatic carbocycles. The number of hydrogen-bond acceptors (Lipinski definition) is 4. The molecular formula is C21H19N3O4Se. The Labute approximate surface area is 172 Å². The predicted octanol–water partition coefficient (Wildman–Crippen LogP) is 1.61. The number of fused-ring (bicyclic) bond motifs is 2. The first-order chi connectivity index (χ1) is 14.1. The van der Waals surface area contributed by atoms with Crippen molar-refractivity contribution in [3.05, 3.63) is 70.6 Å². The third-order valence-electron chi connectivity index (χ3n) is 4.82. The molecule has 1 atom stereocenters. The number of benzene rings is 2. The summed E-state index contributed by atoms with van der Waals surface area (Å²) in [5.41, 5.74) is 1.76. The van der Waals surface area contributed by atoms with Crippen LogP contribution in [-0.4, -0.2) is 48.8 Å². The molecule has 0 radical (unpaired) electrons. The minimum atomic E-state index is -0.723. The molecular weight excluding hydrogens is 437 g/mol. The maximum atomic E-state index is 13.0. The maximum absolute atomic E-state index is 13.0. The zero-order valence-electron chi connectivity index (χ0n) is 15.7. The third-order valence-corrected chi connectivity index (χ3v) is 7.28. The van der Waals surface area contributed by atoms with Crippen LogP contribution in [0, 0.1) is 0 Å². The van der Waals surface area contributed by atoms with Gasteiger partial charge in [-0.05, 0) is 0 Å². The van der Waals surface area contributed by atoms with E-state index in [9.17, 15) is 14.4 Å². The normalized spacial score (nSPS) is 12.2. The van der Waals surface area contributed by atoms with Crippen molar-refractivity contribution in [1.82, 2.24) is 13.9 Å². The van der Waals surface area contributed by atoms with Crippen LogP contribution >= 0.6 is 0 Å². The van der Waals surface area contributed by atoms with Gasteiger partial charge in [0.25, 0.3) is 0 Å². The van der Waals surface area contributed by atoms with Crippen LogP contribution < -0.4 is 10.9 Å². The molecule has 8 heteroatoms. The topological polar surface area (TPSA) is 93.2 Å². The SMILES string of the molecule is COC(=O)CNC(=O)[C@H](Cc1c[nH]c2ccccc12)n1[se]c2ccccc2c1=O. The molecule has 0 spiro atoms. The summed E-state index contributed by atoms with van der Waals surface area (Å²) in [4.78, 5) is 40.7. The summed E-state index contributed by atoms with van der Waals surface area (Å²) in [7, 11) is 1.27. The average Bonchev–Trinajstić information content (AvgIpc) is 3.31.